The van der Waals surface area contributed by atoms with Gasteiger partial charge in [-0.05, 0) is 26.0 Å². The van der Waals surface area contributed by atoms with Crippen molar-refractivity contribution >= 4 is 33.6 Å². The molecule has 0 atom stereocenters. The maximum absolute atomic E-state index is 13.6. The van der Waals surface area contributed by atoms with Crippen LogP contribution in [-0.2, 0) is 4.79 Å². The zero-order valence-electron chi connectivity index (χ0n) is 11.0. The second-order valence-corrected chi connectivity index (χ2v) is 5.51. The summed E-state index contributed by atoms with van der Waals surface area (Å²) >= 11 is 2.91. The van der Waals surface area contributed by atoms with E-state index in [0.29, 0.717) is 0 Å². The molecule has 0 aliphatic carbocycles. The number of likely N-dealkylation sites (N-methyl/N-ethyl adjacent to an activating group) is 1. The van der Waals surface area contributed by atoms with Crippen LogP contribution in [0.1, 0.15) is 13.8 Å². The number of nitrogens with zero attached hydrogens (tertiary/aromatic N) is 1. The lowest BCUT2D eigenvalue weighted by molar-refractivity contribution is -0.146. The number of halogens is 3. The largest absolute Gasteiger partial charge is 0.480 e. The van der Waals surface area contributed by atoms with E-state index >= 15 is 0 Å². The zero-order valence-corrected chi connectivity index (χ0v) is 12.6. The molecule has 0 aromatic heterocycles. The van der Waals surface area contributed by atoms with E-state index < -0.39 is 34.9 Å². The van der Waals surface area contributed by atoms with Crippen molar-refractivity contribution in [3.8, 4) is 0 Å². The molecule has 0 radical (unpaired) electrons. The van der Waals surface area contributed by atoms with E-state index in [1.54, 1.807) is 0 Å². The summed E-state index contributed by atoms with van der Waals surface area (Å²) in [5, 5.41) is 11.0. The third-order valence-corrected chi connectivity index (χ3v) is 3.36. The highest BCUT2D eigenvalue weighted by atomic mass is 79.9. The highest BCUT2D eigenvalue weighted by Gasteiger charge is 2.35. The number of hydrogen-bond acceptors (Lipinski definition) is 2. The van der Waals surface area contributed by atoms with Crippen molar-refractivity contribution in [1.29, 1.82) is 0 Å². The second kappa shape index (κ2) is 5.74. The summed E-state index contributed by atoms with van der Waals surface area (Å²) in [6.07, 6.45) is 0. The van der Waals surface area contributed by atoms with Crippen LogP contribution < -0.4 is 5.32 Å². The van der Waals surface area contributed by atoms with Crippen LogP contribution in [-0.4, -0.2) is 34.6 Å². The van der Waals surface area contributed by atoms with Crippen LogP contribution >= 0.6 is 15.9 Å². The van der Waals surface area contributed by atoms with E-state index in [1.165, 1.54) is 20.9 Å². The molecule has 0 spiro atoms. The molecule has 110 valence electrons. The van der Waals surface area contributed by atoms with Crippen LogP contribution in [0.4, 0.5) is 19.3 Å². The topological polar surface area (TPSA) is 69.6 Å². The summed E-state index contributed by atoms with van der Waals surface area (Å²) in [5.41, 5.74) is -2.15. The lowest BCUT2D eigenvalue weighted by Crippen LogP contribution is -2.52. The fourth-order valence-electron chi connectivity index (χ4n) is 1.25. The summed E-state index contributed by atoms with van der Waals surface area (Å²) < 4.78 is 27.3. The van der Waals surface area contributed by atoms with Crippen molar-refractivity contribution in [1.82, 2.24) is 4.90 Å². The molecular weight excluding hydrogens is 338 g/mol. The van der Waals surface area contributed by atoms with Gasteiger partial charge in [-0.3, -0.25) is 0 Å². The summed E-state index contributed by atoms with van der Waals surface area (Å²) in [7, 11) is 1.22. The number of aliphatic carboxylic acids is 1. The Morgan fingerprint density at radius 3 is 2.15 bits per heavy atom. The predicted octanol–water partition coefficient (Wildman–Crippen LogP) is 3.05. The number of carbonyl (C=O) groups is 2. The van der Waals surface area contributed by atoms with Gasteiger partial charge < -0.3 is 15.3 Å². The first-order valence-corrected chi connectivity index (χ1v) is 6.29. The molecule has 0 bridgehead atoms. The molecule has 20 heavy (non-hydrogen) atoms. The van der Waals surface area contributed by atoms with E-state index in [1.807, 2.05) is 5.32 Å². The van der Waals surface area contributed by atoms with Gasteiger partial charge in [-0.25, -0.2) is 18.4 Å². The fraction of sp³-hybridized carbons (Fsp3) is 0.333. The smallest absolute Gasteiger partial charge is 0.329 e. The summed E-state index contributed by atoms with van der Waals surface area (Å²) in [6, 6.07) is 1.04. The normalized spacial score (nSPS) is 11.1. The van der Waals surface area contributed by atoms with Crippen LogP contribution in [0.15, 0.2) is 16.6 Å². The quantitative estimate of drug-likeness (QED) is 0.880. The van der Waals surface area contributed by atoms with Crippen LogP contribution in [0.5, 0.6) is 0 Å². The van der Waals surface area contributed by atoms with E-state index in [0.717, 1.165) is 17.0 Å². The minimum Gasteiger partial charge on any atom is -0.480 e. The minimum atomic E-state index is -1.52. The average molecular weight is 351 g/mol. The van der Waals surface area contributed by atoms with Gasteiger partial charge in [-0.2, -0.15) is 0 Å². The molecule has 8 heteroatoms. The monoisotopic (exact) mass is 350 g/mol. The average Bonchev–Trinajstić information content (AvgIpc) is 2.32. The number of carboxylic acids is 1. The van der Waals surface area contributed by atoms with Crippen LogP contribution in [0.25, 0.3) is 0 Å². The van der Waals surface area contributed by atoms with Crippen molar-refractivity contribution in [2.75, 3.05) is 12.4 Å². The number of benzene rings is 1. The van der Waals surface area contributed by atoms with Gasteiger partial charge in [0.05, 0.1) is 0 Å². The van der Waals surface area contributed by atoms with Gasteiger partial charge in [-0.15, -0.1) is 0 Å². The molecule has 0 heterocycles. The molecule has 0 fully saturated rings. The third kappa shape index (κ3) is 3.24. The molecular formula is C12H13BrF2N2O3. The second-order valence-electron chi connectivity index (χ2n) is 4.60. The Morgan fingerprint density at radius 2 is 1.75 bits per heavy atom. The zero-order chi connectivity index (χ0) is 15.7. The first-order valence-electron chi connectivity index (χ1n) is 5.50. The van der Waals surface area contributed by atoms with Crippen molar-refractivity contribution in [2.24, 2.45) is 0 Å². The number of carboxylic acid groups (broad SMARTS) is 1. The molecule has 1 aromatic rings. The summed E-state index contributed by atoms with van der Waals surface area (Å²) in [6.45, 7) is 2.59. The molecule has 0 saturated heterocycles. The van der Waals surface area contributed by atoms with Crippen molar-refractivity contribution in [2.45, 2.75) is 19.4 Å². The van der Waals surface area contributed by atoms with E-state index in [9.17, 15) is 18.4 Å². The Morgan fingerprint density at radius 1 is 1.30 bits per heavy atom. The Balaban J connectivity index is 3.00. The molecule has 1 rings (SSSR count). The molecule has 2 N–H and O–H groups in total. The van der Waals surface area contributed by atoms with Gasteiger partial charge in [-0.1, -0.05) is 15.9 Å². The Hall–Kier alpha value is -1.70. The highest BCUT2D eigenvalue weighted by Crippen LogP contribution is 2.24. The SMILES string of the molecule is CN(C(=O)Nc1c(F)cc(Br)cc1F)C(C)(C)C(=O)O. The van der Waals surface area contributed by atoms with Crippen molar-refractivity contribution in [3.05, 3.63) is 28.2 Å². The number of nitrogens with one attached hydrogen (secondary N) is 1. The molecule has 0 saturated carbocycles. The summed E-state index contributed by atoms with van der Waals surface area (Å²) in [4.78, 5) is 23.7. The van der Waals surface area contributed by atoms with Crippen molar-refractivity contribution < 1.29 is 23.5 Å². The van der Waals surface area contributed by atoms with E-state index in [-0.39, 0.29) is 4.47 Å². The number of rotatable bonds is 3. The Bertz CT molecular complexity index is 541. The first kappa shape index (κ1) is 16.4. The minimum absolute atomic E-state index is 0.185. The molecule has 0 aliphatic rings. The lowest BCUT2D eigenvalue weighted by Gasteiger charge is -2.31. The van der Waals surface area contributed by atoms with Crippen LogP contribution in [0.3, 0.4) is 0 Å². The van der Waals surface area contributed by atoms with Crippen LogP contribution in [0.2, 0.25) is 0 Å². The maximum Gasteiger partial charge on any atom is 0.329 e. The number of carbonyl (C=O) groups excluding carboxylic acids is 1. The van der Waals surface area contributed by atoms with Gasteiger partial charge >= 0.3 is 12.0 Å². The predicted molar refractivity (Wildman–Crippen MR) is 72.6 cm³/mol. The van der Waals surface area contributed by atoms with Gasteiger partial charge in [0.25, 0.3) is 0 Å². The number of urea groups is 1. The molecule has 1 aromatic carbocycles. The lowest BCUT2D eigenvalue weighted by atomic mass is 10.1. The van der Waals surface area contributed by atoms with Gasteiger partial charge in [0, 0.05) is 11.5 Å². The first-order chi connectivity index (χ1) is 9.07. The number of hydrogen-bond donors (Lipinski definition) is 2. The van der Waals surface area contributed by atoms with E-state index in [4.69, 9.17) is 5.11 Å². The Labute approximate surface area is 122 Å². The fourth-order valence-corrected chi connectivity index (χ4v) is 1.65. The van der Waals surface area contributed by atoms with Crippen molar-refractivity contribution in [3.63, 3.8) is 0 Å². The maximum atomic E-state index is 13.6. The van der Waals surface area contributed by atoms with Crippen LogP contribution in [0, 0.1) is 11.6 Å². The number of amides is 2. The summed E-state index contributed by atoms with van der Waals surface area (Å²) in [5.74, 6) is -3.18. The van der Waals surface area contributed by atoms with Gasteiger partial charge in [0.1, 0.15) is 11.2 Å². The molecule has 5 nitrogen and oxygen atoms in total. The highest BCUT2D eigenvalue weighted by molar-refractivity contribution is 9.10. The standard InChI is InChI=1S/C12H13BrF2N2O3/c1-12(2,10(18)19)17(3)11(20)16-9-7(14)4-6(13)5-8(9)15/h4-5H,1-3H3,(H,16,20)(H,18,19). The molecule has 2 amide bonds. The number of anilines is 1. The van der Waals surface area contributed by atoms with Gasteiger partial charge in [0.2, 0.25) is 0 Å². The van der Waals surface area contributed by atoms with E-state index in [2.05, 4.69) is 15.9 Å². The molecule has 0 aliphatic heterocycles. The molecule has 0 unspecified atom stereocenters. The third-order valence-electron chi connectivity index (χ3n) is 2.91. The Kier molecular flexibility index (Phi) is 4.69. The van der Waals surface area contributed by atoms with Gasteiger partial charge in [0.15, 0.2) is 11.6 Å².